The van der Waals surface area contributed by atoms with Crippen molar-refractivity contribution < 1.29 is 4.39 Å². The van der Waals surface area contributed by atoms with E-state index in [-0.39, 0.29) is 5.82 Å². The molecule has 0 saturated carbocycles. The number of aromatic nitrogens is 6. The smallest absolute Gasteiger partial charge is 0.155 e. The standard InChI is InChI=1S/C26H20FN7/c1-34(2)19-7-16(10-28-12-19)17-8-21-25(32-33-26(21)30-11-17)23-9-20-22(13-29-14-24(20)31-23)15-4-3-5-18(27)6-15/h3-14,31H,1-2H3,(H,30,32,33). The maximum Gasteiger partial charge on any atom is 0.155 e. The fraction of sp³-hybridized carbons (Fsp3) is 0.0769. The molecule has 5 heterocycles. The van der Waals surface area contributed by atoms with Crippen molar-refractivity contribution in [2.45, 2.75) is 0 Å². The predicted molar refractivity (Wildman–Crippen MR) is 132 cm³/mol. The van der Waals surface area contributed by atoms with E-state index < -0.39 is 0 Å². The Morgan fingerprint density at radius 2 is 1.68 bits per heavy atom. The summed E-state index contributed by atoms with van der Waals surface area (Å²) in [5.74, 6) is -0.282. The number of fused-ring (bicyclic) bond motifs is 2. The number of rotatable bonds is 4. The van der Waals surface area contributed by atoms with Gasteiger partial charge in [-0.05, 0) is 35.9 Å². The first-order valence-electron chi connectivity index (χ1n) is 10.8. The highest BCUT2D eigenvalue weighted by Crippen LogP contribution is 2.34. The van der Waals surface area contributed by atoms with Crippen LogP contribution in [0.25, 0.3) is 55.6 Å². The molecule has 2 N–H and O–H groups in total. The molecule has 0 unspecified atom stereocenters. The van der Waals surface area contributed by atoms with Gasteiger partial charge >= 0.3 is 0 Å². The van der Waals surface area contributed by atoms with Gasteiger partial charge in [0, 0.05) is 60.1 Å². The van der Waals surface area contributed by atoms with Crippen LogP contribution in [0.3, 0.4) is 0 Å². The molecule has 6 aromatic rings. The minimum absolute atomic E-state index is 0.282. The third-order valence-corrected chi connectivity index (χ3v) is 5.93. The molecular formula is C26H20FN7. The maximum atomic E-state index is 13.8. The molecule has 1 aromatic carbocycles. The first-order chi connectivity index (χ1) is 16.6. The van der Waals surface area contributed by atoms with Crippen LogP contribution in [0.15, 0.2) is 73.4 Å². The molecule has 7 nitrogen and oxygen atoms in total. The number of pyridine rings is 3. The topological polar surface area (TPSA) is 86.4 Å². The van der Waals surface area contributed by atoms with E-state index >= 15 is 0 Å². The molecule has 0 aliphatic heterocycles. The van der Waals surface area contributed by atoms with Gasteiger partial charge in [0.05, 0.1) is 29.3 Å². The molecule has 0 radical (unpaired) electrons. The first-order valence-corrected chi connectivity index (χ1v) is 10.8. The number of hydrogen-bond acceptors (Lipinski definition) is 5. The number of hydrogen-bond donors (Lipinski definition) is 2. The monoisotopic (exact) mass is 449 g/mol. The van der Waals surface area contributed by atoms with Gasteiger partial charge in [-0.25, -0.2) is 9.37 Å². The molecule has 0 aliphatic carbocycles. The Morgan fingerprint density at radius 3 is 2.53 bits per heavy atom. The van der Waals surface area contributed by atoms with E-state index in [9.17, 15) is 4.39 Å². The summed E-state index contributed by atoms with van der Waals surface area (Å²) in [5.41, 5.74) is 7.67. The zero-order valence-corrected chi connectivity index (χ0v) is 18.5. The molecule has 6 rings (SSSR count). The minimum Gasteiger partial charge on any atom is -0.376 e. The summed E-state index contributed by atoms with van der Waals surface area (Å²) in [5, 5.41) is 9.39. The molecule has 0 aliphatic rings. The summed E-state index contributed by atoms with van der Waals surface area (Å²) < 4.78 is 13.8. The van der Waals surface area contributed by atoms with Crippen LogP contribution in [0.4, 0.5) is 10.1 Å². The van der Waals surface area contributed by atoms with E-state index in [1.165, 1.54) is 12.1 Å². The molecule has 34 heavy (non-hydrogen) atoms. The molecule has 0 fully saturated rings. The van der Waals surface area contributed by atoms with Crippen molar-refractivity contribution in [1.29, 1.82) is 0 Å². The van der Waals surface area contributed by atoms with Gasteiger partial charge in [-0.3, -0.25) is 15.1 Å². The lowest BCUT2D eigenvalue weighted by Gasteiger charge is -2.12. The van der Waals surface area contributed by atoms with Crippen LogP contribution in [0.2, 0.25) is 0 Å². The lowest BCUT2D eigenvalue weighted by Crippen LogP contribution is -2.08. The van der Waals surface area contributed by atoms with Crippen LogP contribution in [0.5, 0.6) is 0 Å². The van der Waals surface area contributed by atoms with Crippen molar-refractivity contribution in [3.8, 4) is 33.6 Å². The fourth-order valence-electron chi connectivity index (χ4n) is 4.16. The summed E-state index contributed by atoms with van der Waals surface area (Å²) >= 11 is 0. The molecule has 8 heteroatoms. The fourth-order valence-corrected chi connectivity index (χ4v) is 4.16. The summed E-state index contributed by atoms with van der Waals surface area (Å²) in [4.78, 5) is 18.7. The normalized spacial score (nSPS) is 11.4. The van der Waals surface area contributed by atoms with Gasteiger partial charge in [0.2, 0.25) is 0 Å². The molecule has 0 amide bonds. The highest BCUT2D eigenvalue weighted by Gasteiger charge is 2.16. The lowest BCUT2D eigenvalue weighted by molar-refractivity contribution is 0.628. The number of H-pyrrole nitrogens is 2. The Morgan fingerprint density at radius 1 is 0.824 bits per heavy atom. The van der Waals surface area contributed by atoms with Gasteiger partial charge in [-0.2, -0.15) is 5.10 Å². The highest BCUT2D eigenvalue weighted by molar-refractivity contribution is 6.00. The summed E-state index contributed by atoms with van der Waals surface area (Å²) in [6.45, 7) is 0. The Hall–Kier alpha value is -4.59. The third-order valence-electron chi connectivity index (χ3n) is 5.93. The molecule has 0 spiro atoms. The first kappa shape index (κ1) is 20.0. The summed E-state index contributed by atoms with van der Waals surface area (Å²) in [6, 6.07) is 12.7. The van der Waals surface area contributed by atoms with Crippen LogP contribution < -0.4 is 4.90 Å². The Bertz CT molecular complexity index is 1670. The average Bonchev–Trinajstić information content (AvgIpc) is 3.47. The highest BCUT2D eigenvalue weighted by atomic mass is 19.1. The number of aromatic amines is 2. The van der Waals surface area contributed by atoms with Crippen LogP contribution in [-0.2, 0) is 0 Å². The number of benzene rings is 1. The van der Waals surface area contributed by atoms with Gasteiger partial charge in [0.1, 0.15) is 11.5 Å². The van der Waals surface area contributed by atoms with E-state index in [0.29, 0.717) is 5.65 Å². The van der Waals surface area contributed by atoms with Crippen molar-refractivity contribution in [3.05, 3.63) is 79.3 Å². The molecule has 0 bridgehead atoms. The van der Waals surface area contributed by atoms with Crippen LogP contribution in [0.1, 0.15) is 0 Å². The number of nitrogens with zero attached hydrogens (tertiary/aromatic N) is 5. The summed E-state index contributed by atoms with van der Waals surface area (Å²) in [7, 11) is 3.97. The lowest BCUT2D eigenvalue weighted by atomic mass is 10.0. The van der Waals surface area contributed by atoms with Crippen molar-refractivity contribution in [1.82, 2.24) is 30.1 Å². The van der Waals surface area contributed by atoms with Crippen LogP contribution in [0, 0.1) is 5.82 Å². The molecular weight excluding hydrogens is 429 g/mol. The SMILES string of the molecule is CN(C)c1cncc(-c2cnc3[nH]nc(-c4cc5c(-c6cccc(F)c6)cncc5[nH]4)c3c2)c1. The minimum atomic E-state index is -0.282. The van der Waals surface area contributed by atoms with Crippen molar-refractivity contribution in [3.63, 3.8) is 0 Å². The van der Waals surface area contributed by atoms with Crippen molar-refractivity contribution in [2.75, 3.05) is 19.0 Å². The van der Waals surface area contributed by atoms with E-state index in [4.69, 9.17) is 0 Å². The maximum absolute atomic E-state index is 13.8. The number of halogens is 1. The predicted octanol–water partition coefficient (Wildman–Crippen LogP) is 5.44. The van der Waals surface area contributed by atoms with Crippen LogP contribution >= 0.6 is 0 Å². The van der Waals surface area contributed by atoms with E-state index in [0.717, 1.165) is 55.6 Å². The van der Waals surface area contributed by atoms with E-state index in [1.54, 1.807) is 18.5 Å². The molecule has 166 valence electrons. The number of anilines is 1. The molecule has 0 saturated heterocycles. The van der Waals surface area contributed by atoms with Crippen molar-refractivity contribution in [2.24, 2.45) is 0 Å². The van der Waals surface area contributed by atoms with Gasteiger partial charge in [-0.1, -0.05) is 12.1 Å². The summed E-state index contributed by atoms with van der Waals surface area (Å²) in [6.07, 6.45) is 8.99. The Balaban J connectivity index is 1.48. The zero-order chi connectivity index (χ0) is 23.2. The quantitative estimate of drug-likeness (QED) is 0.375. The van der Waals surface area contributed by atoms with E-state index in [1.807, 2.05) is 49.7 Å². The zero-order valence-electron chi connectivity index (χ0n) is 18.5. The largest absolute Gasteiger partial charge is 0.376 e. The third kappa shape index (κ3) is 3.36. The van der Waals surface area contributed by atoms with Crippen molar-refractivity contribution >= 4 is 27.6 Å². The van der Waals surface area contributed by atoms with Crippen LogP contribution in [-0.4, -0.2) is 44.2 Å². The second-order valence-corrected chi connectivity index (χ2v) is 8.36. The number of nitrogens with one attached hydrogen (secondary N) is 2. The van der Waals surface area contributed by atoms with Gasteiger partial charge in [0.25, 0.3) is 0 Å². The average molecular weight is 449 g/mol. The Kier molecular flexibility index (Phi) is 4.58. The second kappa shape index (κ2) is 7.77. The Labute approximate surface area is 194 Å². The van der Waals surface area contributed by atoms with Gasteiger partial charge in [-0.15, -0.1) is 0 Å². The molecule has 0 atom stereocenters. The van der Waals surface area contributed by atoms with Gasteiger partial charge in [0.15, 0.2) is 5.65 Å². The molecule has 5 aromatic heterocycles. The van der Waals surface area contributed by atoms with E-state index in [2.05, 4.69) is 42.3 Å². The van der Waals surface area contributed by atoms with Gasteiger partial charge < -0.3 is 9.88 Å². The second-order valence-electron chi connectivity index (χ2n) is 8.36.